The van der Waals surface area contributed by atoms with Crippen LogP contribution in [-0.2, 0) is 16.8 Å². The molecule has 0 unspecified atom stereocenters. The first-order chi connectivity index (χ1) is 12.2. The van der Waals surface area contributed by atoms with Crippen LogP contribution in [0.2, 0.25) is 0 Å². The minimum atomic E-state index is -0.0822. The topological polar surface area (TPSA) is 53.9 Å². The summed E-state index contributed by atoms with van der Waals surface area (Å²) in [4.78, 5) is 19.1. The third-order valence-corrected chi connectivity index (χ3v) is 5.82. The summed E-state index contributed by atoms with van der Waals surface area (Å²) in [6, 6.07) is 2.07. The van der Waals surface area contributed by atoms with Crippen LogP contribution in [0.15, 0.2) is 11.1 Å². The summed E-state index contributed by atoms with van der Waals surface area (Å²) in [5.41, 5.74) is 0.864. The average Bonchev–Trinajstić information content (AvgIpc) is 2.94. The van der Waals surface area contributed by atoms with Gasteiger partial charge < -0.3 is 14.5 Å². The van der Waals surface area contributed by atoms with E-state index in [0.29, 0.717) is 6.61 Å². The van der Waals surface area contributed by atoms with Crippen LogP contribution in [0.5, 0.6) is 0 Å². The highest BCUT2D eigenvalue weighted by molar-refractivity contribution is 8.15. The molecule has 3 heterocycles. The summed E-state index contributed by atoms with van der Waals surface area (Å²) in [6.07, 6.45) is 0. The van der Waals surface area contributed by atoms with Crippen molar-refractivity contribution in [3.63, 3.8) is 0 Å². The van der Waals surface area contributed by atoms with Gasteiger partial charge in [-0.25, -0.2) is 9.97 Å². The maximum Gasteiger partial charge on any atom is 0.159 e. The van der Waals surface area contributed by atoms with Crippen molar-refractivity contribution in [2.24, 2.45) is 4.99 Å². The van der Waals surface area contributed by atoms with Crippen LogP contribution in [0.25, 0.3) is 0 Å². The lowest BCUT2D eigenvalue weighted by molar-refractivity contribution is 0.181. The maximum atomic E-state index is 5.31. The Labute approximate surface area is 161 Å². The second-order valence-corrected chi connectivity index (χ2v) is 10.3. The molecular weight excluding hydrogens is 346 g/mol. The van der Waals surface area contributed by atoms with Gasteiger partial charge in [-0.3, -0.25) is 4.99 Å². The van der Waals surface area contributed by atoms with Gasteiger partial charge >= 0.3 is 0 Å². The number of aliphatic imine (C=N–C) groups is 1. The highest BCUT2D eigenvalue weighted by atomic mass is 32.2. The monoisotopic (exact) mass is 377 g/mol. The van der Waals surface area contributed by atoms with Gasteiger partial charge in [-0.15, -0.1) is 0 Å². The molecule has 0 N–H and O–H groups in total. The first-order valence-corrected chi connectivity index (χ1v) is 10.1. The molecule has 1 saturated heterocycles. The largest absolute Gasteiger partial charge is 0.378 e. The molecule has 144 valence electrons. The molecule has 0 spiro atoms. The second-order valence-electron chi connectivity index (χ2n) is 8.66. The number of ether oxygens (including phenoxy) is 1. The zero-order chi connectivity index (χ0) is 18.9. The van der Waals surface area contributed by atoms with Crippen LogP contribution < -0.4 is 4.90 Å². The average molecular weight is 378 g/mol. The Balaban J connectivity index is 1.72. The van der Waals surface area contributed by atoms with Gasteiger partial charge in [0.2, 0.25) is 0 Å². The summed E-state index contributed by atoms with van der Waals surface area (Å²) in [5.74, 6) is 1.89. The molecule has 0 aliphatic carbocycles. The number of nitrogens with zero attached hydrogens (tertiary/aromatic N) is 5. The molecule has 0 amide bonds. The van der Waals surface area contributed by atoms with Gasteiger partial charge in [0.15, 0.2) is 5.17 Å². The number of thioether (sulfide) groups is 1. The number of anilines is 1. The Morgan fingerprint density at radius 2 is 1.77 bits per heavy atom. The molecule has 3 rings (SSSR count). The minimum Gasteiger partial charge on any atom is -0.378 e. The number of methoxy groups -OCH3 is 1. The molecule has 1 aromatic heterocycles. The lowest BCUT2D eigenvalue weighted by Crippen LogP contribution is -2.48. The van der Waals surface area contributed by atoms with Gasteiger partial charge in [-0.2, -0.15) is 0 Å². The van der Waals surface area contributed by atoms with Crippen molar-refractivity contribution >= 4 is 22.7 Å². The van der Waals surface area contributed by atoms with E-state index < -0.39 is 0 Å². The molecule has 0 radical (unpaired) electrons. The minimum absolute atomic E-state index is 0.0822. The van der Waals surface area contributed by atoms with E-state index in [1.807, 2.05) is 11.8 Å². The van der Waals surface area contributed by atoms with Gasteiger partial charge in [0.1, 0.15) is 11.6 Å². The van der Waals surface area contributed by atoms with Crippen molar-refractivity contribution in [1.82, 2.24) is 14.9 Å². The van der Waals surface area contributed by atoms with Crippen LogP contribution in [0, 0.1) is 0 Å². The highest BCUT2D eigenvalue weighted by Gasteiger charge is 2.32. The molecule has 7 heteroatoms. The SMILES string of the molecule is COCc1cc(N2CCN(C3=NCC(C)(C)S3)CC2)nc(C(C)(C)C)n1. The van der Waals surface area contributed by atoms with Gasteiger partial charge in [0.05, 0.1) is 18.8 Å². The van der Waals surface area contributed by atoms with Crippen LogP contribution in [0.3, 0.4) is 0 Å². The van der Waals surface area contributed by atoms with Crippen molar-refractivity contribution in [2.75, 3.05) is 44.7 Å². The summed E-state index contributed by atoms with van der Waals surface area (Å²) in [7, 11) is 1.71. The van der Waals surface area contributed by atoms with E-state index in [0.717, 1.165) is 50.1 Å². The Morgan fingerprint density at radius 1 is 1.12 bits per heavy atom. The number of piperazine rings is 1. The number of hydrogen-bond acceptors (Lipinski definition) is 7. The fourth-order valence-corrected chi connectivity index (χ4v) is 4.13. The first-order valence-electron chi connectivity index (χ1n) is 9.29. The predicted molar refractivity (Wildman–Crippen MR) is 109 cm³/mol. The fraction of sp³-hybridized carbons (Fsp3) is 0.737. The Morgan fingerprint density at radius 3 is 2.31 bits per heavy atom. The Hall–Kier alpha value is -1.34. The van der Waals surface area contributed by atoms with E-state index in [9.17, 15) is 0 Å². The molecule has 0 saturated carbocycles. The number of hydrogen-bond donors (Lipinski definition) is 0. The molecule has 2 aliphatic rings. The Bertz CT molecular complexity index is 675. The third-order valence-electron chi connectivity index (χ3n) is 4.57. The lowest BCUT2D eigenvalue weighted by atomic mass is 9.95. The van der Waals surface area contributed by atoms with E-state index in [1.165, 1.54) is 5.17 Å². The molecule has 1 aromatic rings. The quantitative estimate of drug-likeness (QED) is 0.807. The predicted octanol–water partition coefficient (Wildman–Crippen LogP) is 2.92. The Kier molecular flexibility index (Phi) is 5.49. The normalized spacial score (nSPS) is 20.5. The van der Waals surface area contributed by atoms with Crippen LogP contribution in [0.1, 0.15) is 46.1 Å². The zero-order valence-electron chi connectivity index (χ0n) is 16.9. The molecule has 1 fully saturated rings. The maximum absolute atomic E-state index is 5.31. The van der Waals surface area contributed by atoms with E-state index in [4.69, 9.17) is 14.7 Å². The van der Waals surface area contributed by atoms with Gasteiger partial charge in [-0.05, 0) is 13.8 Å². The smallest absolute Gasteiger partial charge is 0.159 e. The van der Waals surface area contributed by atoms with E-state index in [-0.39, 0.29) is 10.2 Å². The molecule has 0 atom stereocenters. The number of rotatable bonds is 3. The van der Waals surface area contributed by atoms with Crippen molar-refractivity contribution < 1.29 is 4.74 Å². The molecule has 0 bridgehead atoms. The highest BCUT2D eigenvalue weighted by Crippen LogP contribution is 2.34. The van der Waals surface area contributed by atoms with E-state index >= 15 is 0 Å². The summed E-state index contributed by atoms with van der Waals surface area (Å²) < 4.78 is 5.54. The molecule has 6 nitrogen and oxygen atoms in total. The van der Waals surface area contributed by atoms with Gasteiger partial charge in [0.25, 0.3) is 0 Å². The number of amidine groups is 1. The summed E-state index contributed by atoms with van der Waals surface area (Å²) in [6.45, 7) is 16.3. The van der Waals surface area contributed by atoms with Crippen molar-refractivity contribution in [3.8, 4) is 0 Å². The molecule has 2 aliphatic heterocycles. The van der Waals surface area contributed by atoms with Gasteiger partial charge in [-0.1, -0.05) is 32.5 Å². The lowest BCUT2D eigenvalue weighted by Gasteiger charge is -2.37. The van der Waals surface area contributed by atoms with Gasteiger partial charge in [0, 0.05) is 49.5 Å². The van der Waals surface area contributed by atoms with Crippen LogP contribution in [-0.4, -0.2) is 64.6 Å². The van der Waals surface area contributed by atoms with Crippen molar-refractivity contribution in [1.29, 1.82) is 0 Å². The van der Waals surface area contributed by atoms with E-state index in [1.54, 1.807) is 7.11 Å². The zero-order valence-corrected chi connectivity index (χ0v) is 17.7. The third kappa shape index (κ3) is 4.49. The van der Waals surface area contributed by atoms with Crippen LogP contribution >= 0.6 is 11.8 Å². The molecular formula is C19H31N5OS. The standard InChI is InChI=1S/C19H31N5OS/c1-18(2,3)16-21-14(12-25-6)11-15(22-16)23-7-9-24(10-8-23)17-20-13-19(4,5)26-17/h11H,7-10,12-13H2,1-6H3. The number of aromatic nitrogens is 2. The molecule has 0 aromatic carbocycles. The second kappa shape index (κ2) is 7.35. The van der Waals surface area contributed by atoms with Crippen LogP contribution in [0.4, 0.5) is 5.82 Å². The summed E-state index contributed by atoms with van der Waals surface area (Å²) in [5, 5.41) is 1.20. The van der Waals surface area contributed by atoms with Crippen molar-refractivity contribution in [3.05, 3.63) is 17.6 Å². The molecule has 26 heavy (non-hydrogen) atoms. The van der Waals surface area contributed by atoms with Crippen molar-refractivity contribution in [2.45, 2.75) is 51.4 Å². The fourth-order valence-electron chi connectivity index (χ4n) is 3.06. The summed E-state index contributed by atoms with van der Waals surface area (Å²) >= 11 is 1.90. The van der Waals surface area contributed by atoms with E-state index in [2.05, 4.69) is 55.5 Å². The first kappa shape index (κ1) is 19.4.